The van der Waals surface area contributed by atoms with E-state index in [0.29, 0.717) is 12.2 Å². The quantitative estimate of drug-likeness (QED) is 0.517. The first-order valence-electron chi connectivity index (χ1n) is 9.25. The smallest absolute Gasteiger partial charge is 0.331 e. The fourth-order valence-electron chi connectivity index (χ4n) is 3.38. The highest BCUT2D eigenvalue weighted by molar-refractivity contribution is 6.00. The lowest BCUT2D eigenvalue weighted by Gasteiger charge is -2.21. The molecule has 140 valence electrons. The first-order valence-corrected chi connectivity index (χ1v) is 9.25. The van der Waals surface area contributed by atoms with Gasteiger partial charge in [0.25, 0.3) is 5.91 Å². The van der Waals surface area contributed by atoms with Gasteiger partial charge in [-0.2, -0.15) is 0 Å². The number of hydrogen-bond acceptors (Lipinski definition) is 4. The SMILES string of the molecule is C[C@H](OC(=O)/C=C/c1ccc2ccccc2n1)C(=O)N1CCc2ccccc21. The van der Waals surface area contributed by atoms with Crippen molar-refractivity contribution in [2.24, 2.45) is 0 Å². The van der Waals surface area contributed by atoms with Gasteiger partial charge < -0.3 is 9.64 Å². The zero-order valence-corrected chi connectivity index (χ0v) is 15.5. The minimum absolute atomic E-state index is 0.212. The van der Waals surface area contributed by atoms with Crippen LogP contribution in [-0.2, 0) is 20.7 Å². The second-order valence-electron chi connectivity index (χ2n) is 6.71. The van der Waals surface area contributed by atoms with E-state index in [1.165, 1.54) is 6.08 Å². The highest BCUT2D eigenvalue weighted by Crippen LogP contribution is 2.28. The van der Waals surface area contributed by atoms with Crippen LogP contribution in [-0.4, -0.2) is 29.5 Å². The molecule has 2 aromatic carbocycles. The van der Waals surface area contributed by atoms with Gasteiger partial charge in [-0.05, 0) is 43.2 Å². The average molecular weight is 372 g/mol. The number of rotatable bonds is 4. The lowest BCUT2D eigenvalue weighted by Crippen LogP contribution is -2.38. The van der Waals surface area contributed by atoms with E-state index in [9.17, 15) is 9.59 Å². The molecule has 1 amide bonds. The summed E-state index contributed by atoms with van der Waals surface area (Å²) in [6, 6.07) is 19.3. The summed E-state index contributed by atoms with van der Waals surface area (Å²) in [6.45, 7) is 2.21. The highest BCUT2D eigenvalue weighted by atomic mass is 16.5. The van der Waals surface area contributed by atoms with Crippen molar-refractivity contribution in [3.8, 4) is 0 Å². The zero-order chi connectivity index (χ0) is 19.5. The number of nitrogens with zero attached hydrogens (tertiary/aromatic N) is 2. The van der Waals surface area contributed by atoms with E-state index < -0.39 is 12.1 Å². The molecule has 1 atom stereocenters. The molecule has 0 saturated heterocycles. The summed E-state index contributed by atoms with van der Waals surface area (Å²) in [6.07, 6.45) is 2.86. The maximum absolute atomic E-state index is 12.7. The van der Waals surface area contributed by atoms with Crippen LogP contribution in [0.5, 0.6) is 0 Å². The van der Waals surface area contributed by atoms with Gasteiger partial charge in [0.2, 0.25) is 0 Å². The summed E-state index contributed by atoms with van der Waals surface area (Å²) in [4.78, 5) is 31.0. The minimum atomic E-state index is -0.854. The van der Waals surface area contributed by atoms with Gasteiger partial charge in [0.05, 0.1) is 11.2 Å². The van der Waals surface area contributed by atoms with Gasteiger partial charge >= 0.3 is 5.97 Å². The molecule has 0 bridgehead atoms. The normalized spacial score (nSPS) is 14.2. The van der Waals surface area contributed by atoms with Crippen molar-refractivity contribution < 1.29 is 14.3 Å². The van der Waals surface area contributed by atoms with Crippen molar-refractivity contribution in [2.45, 2.75) is 19.4 Å². The molecule has 0 fully saturated rings. The van der Waals surface area contributed by atoms with E-state index in [1.807, 2.05) is 60.7 Å². The molecule has 2 heterocycles. The first kappa shape index (κ1) is 17.9. The maximum atomic E-state index is 12.7. The van der Waals surface area contributed by atoms with E-state index >= 15 is 0 Å². The van der Waals surface area contributed by atoms with Crippen LogP contribution >= 0.6 is 0 Å². The van der Waals surface area contributed by atoms with Crippen LogP contribution in [0.25, 0.3) is 17.0 Å². The van der Waals surface area contributed by atoms with Crippen LogP contribution in [0.2, 0.25) is 0 Å². The summed E-state index contributed by atoms with van der Waals surface area (Å²) in [5.74, 6) is -0.779. The Bertz CT molecular complexity index is 1070. The molecule has 0 spiro atoms. The predicted molar refractivity (Wildman–Crippen MR) is 109 cm³/mol. The number of esters is 1. The predicted octanol–water partition coefficient (Wildman–Crippen LogP) is 3.77. The number of fused-ring (bicyclic) bond motifs is 2. The van der Waals surface area contributed by atoms with Gasteiger partial charge in [-0.1, -0.05) is 42.5 Å². The largest absolute Gasteiger partial charge is 0.449 e. The molecule has 1 aliphatic rings. The second kappa shape index (κ2) is 7.64. The topological polar surface area (TPSA) is 59.5 Å². The molecular weight excluding hydrogens is 352 g/mol. The maximum Gasteiger partial charge on any atom is 0.331 e. The number of anilines is 1. The van der Waals surface area contributed by atoms with E-state index in [2.05, 4.69) is 4.98 Å². The number of para-hydroxylation sites is 2. The molecule has 0 saturated carbocycles. The number of aromatic nitrogens is 1. The number of carbonyl (C=O) groups excluding carboxylic acids is 2. The average Bonchev–Trinajstić information content (AvgIpc) is 3.15. The second-order valence-corrected chi connectivity index (χ2v) is 6.71. The number of hydrogen-bond donors (Lipinski definition) is 0. The van der Waals surface area contributed by atoms with Crippen LogP contribution in [0.15, 0.2) is 66.7 Å². The van der Waals surface area contributed by atoms with Crippen molar-refractivity contribution in [3.05, 3.63) is 78.0 Å². The number of carbonyl (C=O) groups is 2. The molecule has 1 aliphatic heterocycles. The van der Waals surface area contributed by atoms with Gasteiger partial charge in [0.1, 0.15) is 0 Å². The van der Waals surface area contributed by atoms with Gasteiger partial charge in [-0.25, -0.2) is 9.78 Å². The summed E-state index contributed by atoms with van der Waals surface area (Å²) in [5, 5.41) is 1.03. The van der Waals surface area contributed by atoms with Gasteiger partial charge in [0, 0.05) is 23.7 Å². The van der Waals surface area contributed by atoms with Gasteiger partial charge in [-0.15, -0.1) is 0 Å². The molecule has 0 aliphatic carbocycles. The van der Waals surface area contributed by atoms with Crippen LogP contribution in [0, 0.1) is 0 Å². The third-order valence-electron chi connectivity index (χ3n) is 4.80. The molecule has 0 unspecified atom stereocenters. The molecule has 5 nitrogen and oxygen atoms in total. The number of benzene rings is 2. The number of pyridine rings is 1. The molecule has 28 heavy (non-hydrogen) atoms. The van der Waals surface area contributed by atoms with E-state index in [-0.39, 0.29) is 5.91 Å². The Hall–Kier alpha value is -3.47. The Balaban J connectivity index is 1.40. The van der Waals surface area contributed by atoms with Crippen LogP contribution in [0.4, 0.5) is 5.69 Å². The Morgan fingerprint density at radius 3 is 2.75 bits per heavy atom. The third-order valence-corrected chi connectivity index (χ3v) is 4.80. The van der Waals surface area contributed by atoms with Crippen molar-refractivity contribution in [2.75, 3.05) is 11.4 Å². The Labute approximate surface area is 163 Å². The monoisotopic (exact) mass is 372 g/mol. The number of ether oxygens (including phenoxy) is 1. The molecular formula is C23H20N2O3. The molecule has 3 aromatic rings. The van der Waals surface area contributed by atoms with Crippen LogP contribution in [0.3, 0.4) is 0 Å². The summed E-state index contributed by atoms with van der Waals surface area (Å²) in [5.41, 5.74) is 3.54. The minimum Gasteiger partial charge on any atom is -0.449 e. The Kier molecular flexibility index (Phi) is 4.89. The van der Waals surface area contributed by atoms with E-state index in [1.54, 1.807) is 17.9 Å². The van der Waals surface area contributed by atoms with E-state index in [4.69, 9.17) is 4.74 Å². The summed E-state index contributed by atoms with van der Waals surface area (Å²) >= 11 is 0. The summed E-state index contributed by atoms with van der Waals surface area (Å²) in [7, 11) is 0. The number of amides is 1. The third kappa shape index (κ3) is 3.64. The molecule has 5 heteroatoms. The summed E-state index contributed by atoms with van der Waals surface area (Å²) < 4.78 is 5.30. The van der Waals surface area contributed by atoms with Gasteiger partial charge in [0.15, 0.2) is 6.10 Å². The van der Waals surface area contributed by atoms with Crippen LogP contribution in [0.1, 0.15) is 18.2 Å². The van der Waals surface area contributed by atoms with E-state index in [0.717, 1.165) is 28.6 Å². The standard InChI is InChI=1S/C23H20N2O3/c1-16(23(27)25-15-14-18-7-3-5-9-21(18)25)28-22(26)13-12-19-11-10-17-6-2-4-8-20(17)24-19/h2-13,16H,14-15H2,1H3/b13-12+/t16-/m0/s1. The lowest BCUT2D eigenvalue weighted by molar-refractivity contribution is -0.149. The van der Waals surface area contributed by atoms with Crippen molar-refractivity contribution in [1.82, 2.24) is 4.98 Å². The van der Waals surface area contributed by atoms with Gasteiger partial charge in [-0.3, -0.25) is 4.79 Å². The lowest BCUT2D eigenvalue weighted by atomic mass is 10.2. The molecule has 4 rings (SSSR count). The van der Waals surface area contributed by atoms with Crippen molar-refractivity contribution in [1.29, 1.82) is 0 Å². The Morgan fingerprint density at radius 2 is 1.86 bits per heavy atom. The van der Waals surface area contributed by atoms with Crippen LogP contribution < -0.4 is 4.90 Å². The zero-order valence-electron chi connectivity index (χ0n) is 15.5. The highest BCUT2D eigenvalue weighted by Gasteiger charge is 2.29. The fraction of sp³-hybridized carbons (Fsp3) is 0.174. The Morgan fingerprint density at radius 1 is 1.07 bits per heavy atom. The molecule has 0 radical (unpaired) electrons. The molecule has 0 N–H and O–H groups in total. The molecule has 1 aromatic heterocycles. The first-order chi connectivity index (χ1) is 13.6. The van der Waals surface area contributed by atoms with Crippen molar-refractivity contribution >= 4 is 34.5 Å². The van der Waals surface area contributed by atoms with Crippen molar-refractivity contribution in [3.63, 3.8) is 0 Å². The fourth-order valence-corrected chi connectivity index (χ4v) is 3.38.